The lowest BCUT2D eigenvalue weighted by molar-refractivity contribution is -0.195. The number of aliphatic hydroxyl groups is 1. The van der Waals surface area contributed by atoms with Crippen LogP contribution in [0.3, 0.4) is 0 Å². The predicted molar refractivity (Wildman–Crippen MR) is 73.6 cm³/mol. The van der Waals surface area contributed by atoms with E-state index in [0.717, 1.165) is 22.3 Å². The molecule has 108 valence electrons. The summed E-state index contributed by atoms with van der Waals surface area (Å²) in [6, 6.07) is 9.44. The first-order valence-corrected chi connectivity index (χ1v) is 7.64. The number of thioether (sulfide) groups is 1. The minimum Gasteiger partial charge on any atom is -0.383 e. The van der Waals surface area contributed by atoms with Gasteiger partial charge in [-0.1, -0.05) is 41.7 Å². The van der Waals surface area contributed by atoms with Gasteiger partial charge in [-0.15, -0.1) is 10.2 Å². The number of benzene rings is 1. The summed E-state index contributed by atoms with van der Waals surface area (Å²) in [5.74, 6) is -0.0958. The van der Waals surface area contributed by atoms with E-state index in [2.05, 4.69) is 10.2 Å². The average Bonchev–Trinajstić information content (AvgIpc) is 2.87. The molecule has 8 heteroatoms. The SMILES string of the molecule is O[C@H](CSCc1nnc(-c2ccccc2)s1)C(F)(F)F. The molecule has 0 spiro atoms. The van der Waals surface area contributed by atoms with Gasteiger partial charge in [0, 0.05) is 17.1 Å². The molecule has 0 saturated carbocycles. The molecule has 0 aliphatic rings. The fraction of sp³-hybridized carbons (Fsp3) is 0.333. The van der Waals surface area contributed by atoms with Crippen LogP contribution in [0, 0.1) is 0 Å². The van der Waals surface area contributed by atoms with Crippen molar-refractivity contribution >= 4 is 23.1 Å². The van der Waals surface area contributed by atoms with Gasteiger partial charge in [0.25, 0.3) is 0 Å². The maximum absolute atomic E-state index is 12.1. The summed E-state index contributed by atoms with van der Waals surface area (Å²) in [4.78, 5) is 0. The highest BCUT2D eigenvalue weighted by atomic mass is 32.2. The van der Waals surface area contributed by atoms with Crippen molar-refractivity contribution in [2.45, 2.75) is 18.0 Å². The molecule has 1 heterocycles. The van der Waals surface area contributed by atoms with E-state index in [-0.39, 0.29) is 0 Å². The first-order valence-electron chi connectivity index (χ1n) is 5.67. The number of hydrogen-bond acceptors (Lipinski definition) is 5. The standard InChI is InChI=1S/C12H11F3N2OS2/c13-12(14,15)9(18)6-19-7-10-16-17-11(20-10)8-4-2-1-3-5-8/h1-5,9,18H,6-7H2/t9-/m1/s1. The van der Waals surface area contributed by atoms with Gasteiger partial charge in [-0.2, -0.15) is 24.9 Å². The summed E-state index contributed by atoms with van der Waals surface area (Å²) < 4.78 is 36.3. The van der Waals surface area contributed by atoms with E-state index in [1.165, 1.54) is 11.3 Å². The molecule has 0 amide bonds. The van der Waals surface area contributed by atoms with Crippen LogP contribution in [-0.4, -0.2) is 33.3 Å². The molecule has 1 aromatic carbocycles. The quantitative estimate of drug-likeness (QED) is 0.917. The van der Waals surface area contributed by atoms with Crippen LogP contribution in [0.15, 0.2) is 30.3 Å². The number of aromatic nitrogens is 2. The van der Waals surface area contributed by atoms with Crippen molar-refractivity contribution < 1.29 is 18.3 Å². The van der Waals surface area contributed by atoms with E-state index >= 15 is 0 Å². The number of aliphatic hydroxyl groups excluding tert-OH is 1. The summed E-state index contributed by atoms with van der Waals surface area (Å²) in [5, 5.41) is 18.2. The molecule has 1 atom stereocenters. The number of hydrogen-bond donors (Lipinski definition) is 1. The van der Waals surface area contributed by atoms with Gasteiger partial charge in [0.2, 0.25) is 0 Å². The third kappa shape index (κ3) is 4.19. The molecule has 0 aliphatic heterocycles. The topological polar surface area (TPSA) is 46.0 Å². The van der Waals surface area contributed by atoms with Crippen LogP contribution in [0.25, 0.3) is 10.6 Å². The molecule has 1 N–H and O–H groups in total. The van der Waals surface area contributed by atoms with Crippen LogP contribution in [0.5, 0.6) is 0 Å². The van der Waals surface area contributed by atoms with Gasteiger partial charge >= 0.3 is 6.18 Å². The normalized spacial score (nSPS) is 13.4. The maximum Gasteiger partial charge on any atom is 0.415 e. The molecule has 3 nitrogen and oxygen atoms in total. The highest BCUT2D eigenvalue weighted by molar-refractivity contribution is 7.98. The summed E-state index contributed by atoms with van der Waals surface area (Å²) in [6.45, 7) is 0. The predicted octanol–water partition coefficient (Wildman–Crippen LogP) is 3.36. The molecule has 2 rings (SSSR count). The van der Waals surface area contributed by atoms with Gasteiger partial charge in [-0.05, 0) is 0 Å². The fourth-order valence-corrected chi connectivity index (χ4v) is 3.25. The molecule has 0 bridgehead atoms. The number of alkyl halides is 3. The highest BCUT2D eigenvalue weighted by Gasteiger charge is 2.37. The second-order valence-corrected chi connectivity index (χ2v) is 6.03. The van der Waals surface area contributed by atoms with E-state index < -0.39 is 18.0 Å². The Labute approximate surface area is 121 Å². The average molecular weight is 320 g/mol. The Bertz CT molecular complexity index is 545. The molecule has 20 heavy (non-hydrogen) atoms. The van der Waals surface area contributed by atoms with Crippen LogP contribution in [0.1, 0.15) is 5.01 Å². The summed E-state index contributed by atoms with van der Waals surface area (Å²) in [7, 11) is 0. The first-order chi connectivity index (χ1) is 9.47. The molecule has 0 radical (unpaired) electrons. The number of nitrogens with zero attached hydrogens (tertiary/aromatic N) is 2. The minimum atomic E-state index is -4.57. The van der Waals surface area contributed by atoms with Crippen LogP contribution >= 0.6 is 23.1 Å². The van der Waals surface area contributed by atoms with Gasteiger partial charge in [0.1, 0.15) is 10.0 Å². The zero-order chi connectivity index (χ0) is 14.6. The number of rotatable bonds is 5. The second-order valence-electron chi connectivity index (χ2n) is 3.94. The lowest BCUT2D eigenvalue weighted by atomic mass is 10.2. The van der Waals surface area contributed by atoms with Crippen LogP contribution < -0.4 is 0 Å². The van der Waals surface area contributed by atoms with E-state index in [1.807, 2.05) is 30.3 Å². The fourth-order valence-electron chi connectivity index (χ4n) is 1.36. The Morgan fingerprint density at radius 1 is 1.20 bits per heavy atom. The van der Waals surface area contributed by atoms with Crippen molar-refractivity contribution in [3.05, 3.63) is 35.3 Å². The van der Waals surface area contributed by atoms with Crippen molar-refractivity contribution in [2.75, 3.05) is 5.75 Å². The van der Waals surface area contributed by atoms with E-state index in [9.17, 15) is 13.2 Å². The molecular weight excluding hydrogens is 309 g/mol. The Balaban J connectivity index is 1.88. The summed E-state index contributed by atoms with van der Waals surface area (Å²) in [5.41, 5.74) is 0.927. The molecule has 0 saturated heterocycles. The first kappa shape index (κ1) is 15.3. The van der Waals surface area contributed by atoms with E-state index in [0.29, 0.717) is 10.8 Å². The zero-order valence-corrected chi connectivity index (χ0v) is 11.8. The Kier molecular flexibility index (Phi) is 5.00. The van der Waals surface area contributed by atoms with Gasteiger partial charge in [-0.25, -0.2) is 0 Å². The third-order valence-electron chi connectivity index (χ3n) is 2.37. The Morgan fingerprint density at radius 3 is 2.55 bits per heavy atom. The lowest BCUT2D eigenvalue weighted by Gasteiger charge is -2.12. The van der Waals surface area contributed by atoms with Crippen molar-refractivity contribution in [1.29, 1.82) is 0 Å². The smallest absolute Gasteiger partial charge is 0.383 e. The van der Waals surface area contributed by atoms with Gasteiger partial charge < -0.3 is 5.11 Å². The Morgan fingerprint density at radius 2 is 1.90 bits per heavy atom. The molecular formula is C12H11F3N2OS2. The van der Waals surface area contributed by atoms with Crippen LogP contribution in [-0.2, 0) is 5.75 Å². The maximum atomic E-state index is 12.1. The van der Waals surface area contributed by atoms with Gasteiger partial charge in [0.05, 0.1) is 0 Å². The van der Waals surface area contributed by atoms with Gasteiger partial charge in [0.15, 0.2) is 6.10 Å². The van der Waals surface area contributed by atoms with E-state index in [1.54, 1.807) is 0 Å². The largest absolute Gasteiger partial charge is 0.415 e. The molecule has 0 fully saturated rings. The summed E-state index contributed by atoms with van der Waals surface area (Å²) in [6.07, 6.45) is -6.86. The monoisotopic (exact) mass is 320 g/mol. The minimum absolute atomic E-state index is 0.303. The molecule has 0 aliphatic carbocycles. The van der Waals surface area contributed by atoms with Crippen LogP contribution in [0.4, 0.5) is 13.2 Å². The molecule has 0 unspecified atom stereocenters. The second kappa shape index (κ2) is 6.55. The van der Waals surface area contributed by atoms with E-state index in [4.69, 9.17) is 5.11 Å². The lowest BCUT2D eigenvalue weighted by Crippen LogP contribution is -2.30. The van der Waals surface area contributed by atoms with Crippen molar-refractivity contribution in [1.82, 2.24) is 10.2 Å². The van der Waals surface area contributed by atoms with Crippen molar-refractivity contribution in [3.8, 4) is 10.6 Å². The third-order valence-corrected chi connectivity index (χ3v) is 4.55. The zero-order valence-electron chi connectivity index (χ0n) is 10.2. The molecule has 1 aromatic heterocycles. The van der Waals surface area contributed by atoms with Crippen LogP contribution in [0.2, 0.25) is 0 Å². The van der Waals surface area contributed by atoms with Gasteiger partial charge in [-0.3, -0.25) is 0 Å². The Hall–Kier alpha value is -1.12. The summed E-state index contributed by atoms with van der Waals surface area (Å²) >= 11 is 2.33. The number of halogens is 3. The highest BCUT2D eigenvalue weighted by Crippen LogP contribution is 2.27. The van der Waals surface area contributed by atoms with Crippen molar-refractivity contribution in [2.24, 2.45) is 0 Å². The molecule has 2 aromatic rings. The van der Waals surface area contributed by atoms with Crippen molar-refractivity contribution in [3.63, 3.8) is 0 Å².